The predicted molar refractivity (Wildman–Crippen MR) is 85.2 cm³/mol. The fraction of sp³-hybridized carbons (Fsp3) is 0. The zero-order valence-electron chi connectivity index (χ0n) is 9.15. The second kappa shape index (κ2) is 5.77. The van der Waals surface area contributed by atoms with Crippen LogP contribution in [0.25, 0.3) is 0 Å². The van der Waals surface area contributed by atoms with Crippen LogP contribution in [-0.2, 0) is 0 Å². The highest BCUT2D eigenvalue weighted by Gasteiger charge is 2.03. The Hall–Kier alpha value is -0.980. The molecule has 0 atom stereocenters. The van der Waals surface area contributed by atoms with Crippen molar-refractivity contribution >= 4 is 60.6 Å². The van der Waals surface area contributed by atoms with Crippen LogP contribution in [-0.4, -0.2) is 9.97 Å². The highest BCUT2D eigenvalue weighted by atomic mass is 79.9. The summed E-state index contributed by atoms with van der Waals surface area (Å²) < 4.78 is 1.95. The van der Waals surface area contributed by atoms with Crippen LogP contribution in [0, 0.1) is 0 Å². The SMILES string of the molecule is NC(=S)c1ccnc(Nc2ccc(Br)cc2Br)c1. The van der Waals surface area contributed by atoms with Gasteiger partial charge in [0.1, 0.15) is 10.8 Å². The molecule has 92 valence electrons. The van der Waals surface area contributed by atoms with Crippen LogP contribution in [0.3, 0.4) is 0 Å². The highest BCUT2D eigenvalue weighted by molar-refractivity contribution is 9.11. The van der Waals surface area contributed by atoms with E-state index in [1.807, 2.05) is 24.3 Å². The Bertz CT molecular complexity index is 602. The van der Waals surface area contributed by atoms with Gasteiger partial charge in [-0.05, 0) is 46.3 Å². The molecule has 0 saturated heterocycles. The number of hydrogen-bond acceptors (Lipinski definition) is 3. The molecule has 2 rings (SSSR count). The summed E-state index contributed by atoms with van der Waals surface area (Å²) in [5, 5.41) is 3.20. The maximum absolute atomic E-state index is 5.59. The van der Waals surface area contributed by atoms with Crippen LogP contribution in [0.2, 0.25) is 0 Å². The Labute approximate surface area is 127 Å². The molecule has 1 aromatic carbocycles. The second-order valence-electron chi connectivity index (χ2n) is 3.54. The molecular formula is C12H9Br2N3S. The summed E-state index contributed by atoms with van der Waals surface area (Å²) in [6.07, 6.45) is 1.67. The smallest absolute Gasteiger partial charge is 0.131 e. The van der Waals surface area contributed by atoms with Crippen molar-refractivity contribution in [3.8, 4) is 0 Å². The van der Waals surface area contributed by atoms with Crippen molar-refractivity contribution in [1.82, 2.24) is 4.98 Å². The molecule has 3 N–H and O–H groups in total. The van der Waals surface area contributed by atoms with Gasteiger partial charge < -0.3 is 11.1 Å². The van der Waals surface area contributed by atoms with E-state index >= 15 is 0 Å². The summed E-state index contributed by atoms with van der Waals surface area (Å²) in [4.78, 5) is 4.58. The fourth-order valence-corrected chi connectivity index (χ4v) is 2.65. The van der Waals surface area contributed by atoms with Crippen LogP contribution in [0.4, 0.5) is 11.5 Å². The zero-order valence-corrected chi connectivity index (χ0v) is 13.1. The number of nitrogens with two attached hydrogens (primary N) is 1. The van der Waals surface area contributed by atoms with Gasteiger partial charge in [-0.1, -0.05) is 28.1 Å². The van der Waals surface area contributed by atoms with E-state index in [1.54, 1.807) is 12.3 Å². The average Bonchev–Trinajstić information content (AvgIpc) is 2.33. The van der Waals surface area contributed by atoms with Crippen LogP contribution in [0.1, 0.15) is 5.56 Å². The van der Waals surface area contributed by atoms with Gasteiger partial charge in [0.15, 0.2) is 0 Å². The molecule has 0 spiro atoms. The van der Waals surface area contributed by atoms with Gasteiger partial charge in [-0.25, -0.2) is 4.98 Å². The van der Waals surface area contributed by atoms with Crippen LogP contribution < -0.4 is 11.1 Å². The molecule has 2 aromatic rings. The van der Waals surface area contributed by atoms with E-state index in [0.29, 0.717) is 10.8 Å². The Morgan fingerprint density at radius 3 is 2.67 bits per heavy atom. The first-order valence-corrected chi connectivity index (χ1v) is 7.03. The van der Waals surface area contributed by atoms with Gasteiger partial charge in [0.2, 0.25) is 0 Å². The number of nitrogens with one attached hydrogen (secondary N) is 1. The van der Waals surface area contributed by atoms with Gasteiger partial charge in [-0.3, -0.25) is 0 Å². The van der Waals surface area contributed by atoms with Crippen molar-refractivity contribution in [2.24, 2.45) is 5.73 Å². The zero-order chi connectivity index (χ0) is 13.1. The van der Waals surface area contributed by atoms with Gasteiger partial charge in [-0.15, -0.1) is 0 Å². The lowest BCUT2D eigenvalue weighted by Crippen LogP contribution is -2.09. The second-order valence-corrected chi connectivity index (χ2v) is 5.75. The van der Waals surface area contributed by atoms with E-state index in [-0.39, 0.29) is 0 Å². The van der Waals surface area contributed by atoms with Crippen molar-refractivity contribution in [3.05, 3.63) is 51.0 Å². The first-order chi connectivity index (χ1) is 8.56. The van der Waals surface area contributed by atoms with E-state index in [9.17, 15) is 0 Å². The van der Waals surface area contributed by atoms with Crippen LogP contribution in [0.15, 0.2) is 45.5 Å². The first kappa shape index (κ1) is 13.5. The minimum absolute atomic E-state index is 0.357. The molecule has 0 saturated carbocycles. The molecule has 3 nitrogen and oxygen atoms in total. The molecule has 0 aliphatic rings. The number of thiocarbonyl (C=S) groups is 1. The first-order valence-electron chi connectivity index (χ1n) is 5.04. The molecule has 0 fully saturated rings. The van der Waals surface area contributed by atoms with Gasteiger partial charge in [0.05, 0.1) is 5.69 Å². The van der Waals surface area contributed by atoms with Gasteiger partial charge in [-0.2, -0.15) is 0 Å². The average molecular weight is 387 g/mol. The standard InChI is InChI=1S/C12H9Br2N3S/c13-8-1-2-10(9(14)6-8)17-11-5-7(12(15)18)3-4-16-11/h1-6H,(H2,15,18)(H,16,17). The number of aromatic nitrogens is 1. The third-order valence-corrected chi connectivity index (χ3v) is 3.62. The van der Waals surface area contributed by atoms with E-state index in [1.165, 1.54) is 0 Å². The maximum atomic E-state index is 5.59. The summed E-state index contributed by atoms with van der Waals surface area (Å²) in [5.41, 5.74) is 7.30. The van der Waals surface area contributed by atoms with E-state index in [4.69, 9.17) is 18.0 Å². The number of anilines is 2. The molecular weight excluding hydrogens is 378 g/mol. The molecule has 0 bridgehead atoms. The number of benzene rings is 1. The quantitative estimate of drug-likeness (QED) is 0.783. The van der Waals surface area contributed by atoms with E-state index in [2.05, 4.69) is 42.2 Å². The van der Waals surface area contributed by atoms with Crippen molar-refractivity contribution in [2.45, 2.75) is 0 Å². The molecule has 0 unspecified atom stereocenters. The monoisotopic (exact) mass is 385 g/mol. The molecule has 1 heterocycles. The fourth-order valence-electron chi connectivity index (χ4n) is 1.38. The lowest BCUT2D eigenvalue weighted by Gasteiger charge is -2.09. The van der Waals surface area contributed by atoms with Gasteiger partial charge in [0.25, 0.3) is 0 Å². The van der Waals surface area contributed by atoms with Gasteiger partial charge in [0, 0.05) is 20.7 Å². The molecule has 0 amide bonds. The summed E-state index contributed by atoms with van der Waals surface area (Å²) in [5.74, 6) is 0.698. The minimum Gasteiger partial charge on any atom is -0.389 e. The Morgan fingerprint density at radius 1 is 1.22 bits per heavy atom. The van der Waals surface area contributed by atoms with Crippen molar-refractivity contribution in [2.75, 3.05) is 5.32 Å². The third kappa shape index (κ3) is 3.28. The van der Waals surface area contributed by atoms with Crippen LogP contribution >= 0.6 is 44.1 Å². The Balaban J connectivity index is 2.28. The lowest BCUT2D eigenvalue weighted by atomic mass is 10.2. The summed E-state index contributed by atoms with van der Waals surface area (Å²) in [6.45, 7) is 0. The van der Waals surface area contributed by atoms with E-state index in [0.717, 1.165) is 20.2 Å². The largest absolute Gasteiger partial charge is 0.389 e. The molecule has 6 heteroatoms. The minimum atomic E-state index is 0.357. The highest BCUT2D eigenvalue weighted by Crippen LogP contribution is 2.28. The Kier molecular flexibility index (Phi) is 4.31. The number of halogens is 2. The summed E-state index contributed by atoms with van der Waals surface area (Å²) >= 11 is 11.8. The van der Waals surface area contributed by atoms with Crippen molar-refractivity contribution in [1.29, 1.82) is 0 Å². The molecule has 1 aromatic heterocycles. The lowest BCUT2D eigenvalue weighted by molar-refractivity contribution is 1.30. The topological polar surface area (TPSA) is 50.9 Å². The van der Waals surface area contributed by atoms with Crippen molar-refractivity contribution in [3.63, 3.8) is 0 Å². The number of hydrogen-bond donors (Lipinski definition) is 2. The van der Waals surface area contributed by atoms with Crippen LogP contribution in [0.5, 0.6) is 0 Å². The normalized spacial score (nSPS) is 10.1. The van der Waals surface area contributed by atoms with Gasteiger partial charge >= 0.3 is 0 Å². The number of rotatable bonds is 3. The van der Waals surface area contributed by atoms with E-state index < -0.39 is 0 Å². The number of nitrogens with zero attached hydrogens (tertiary/aromatic N) is 1. The van der Waals surface area contributed by atoms with Crippen molar-refractivity contribution < 1.29 is 0 Å². The number of pyridine rings is 1. The molecule has 0 aliphatic carbocycles. The molecule has 0 aliphatic heterocycles. The summed E-state index contributed by atoms with van der Waals surface area (Å²) in [6, 6.07) is 9.45. The molecule has 18 heavy (non-hydrogen) atoms. The predicted octanol–water partition coefficient (Wildman–Crippen LogP) is 3.98. The maximum Gasteiger partial charge on any atom is 0.131 e. The molecule has 0 radical (unpaired) electrons. The summed E-state index contributed by atoms with van der Waals surface area (Å²) in [7, 11) is 0. The third-order valence-electron chi connectivity index (χ3n) is 2.24. The Morgan fingerprint density at radius 2 is 2.00 bits per heavy atom.